The Balaban J connectivity index is 1.93. The number of rotatable bonds is 5. The maximum absolute atomic E-state index is 12.9. The van der Waals surface area contributed by atoms with Crippen molar-refractivity contribution in [1.82, 2.24) is 19.6 Å². The fourth-order valence-corrected chi connectivity index (χ4v) is 3.17. The fourth-order valence-electron chi connectivity index (χ4n) is 3.17. The van der Waals surface area contributed by atoms with E-state index in [9.17, 15) is 4.79 Å². The predicted molar refractivity (Wildman–Crippen MR) is 93.8 cm³/mol. The molecular formula is C19H18N4O. The zero-order valence-corrected chi connectivity index (χ0v) is 13.5. The number of hydrogen-bond acceptors (Lipinski definition) is 3. The van der Waals surface area contributed by atoms with E-state index in [1.807, 2.05) is 72.3 Å². The third kappa shape index (κ3) is 2.29. The molecule has 0 amide bonds. The molecule has 0 aliphatic carbocycles. The van der Waals surface area contributed by atoms with Gasteiger partial charge in [-0.15, -0.1) is 5.10 Å². The number of ketones is 1. The zero-order chi connectivity index (χ0) is 16.5. The topological polar surface area (TPSA) is 52.7 Å². The van der Waals surface area contributed by atoms with Gasteiger partial charge in [0.25, 0.3) is 0 Å². The minimum absolute atomic E-state index is 0.134. The molecule has 0 spiro atoms. The number of carbonyl (C=O) groups excluding carboxylic acids is 1. The molecule has 2 aromatic heterocycles. The number of para-hydroxylation sites is 2. The largest absolute Gasteiger partial charge is 0.318 e. The molecule has 5 heteroatoms. The summed E-state index contributed by atoms with van der Waals surface area (Å²) in [5.41, 5.74) is 2.68. The van der Waals surface area contributed by atoms with Gasteiger partial charge in [0.2, 0.25) is 0 Å². The van der Waals surface area contributed by atoms with Gasteiger partial charge in [0.15, 0.2) is 11.9 Å². The van der Waals surface area contributed by atoms with Gasteiger partial charge in [-0.25, -0.2) is 4.68 Å². The lowest BCUT2D eigenvalue weighted by Crippen LogP contribution is -2.27. The molecule has 0 bridgehead atoms. The van der Waals surface area contributed by atoms with Gasteiger partial charge in [0.05, 0.1) is 11.0 Å². The molecule has 5 nitrogen and oxygen atoms in total. The summed E-state index contributed by atoms with van der Waals surface area (Å²) in [4.78, 5) is 12.9. The van der Waals surface area contributed by atoms with Crippen LogP contribution < -0.4 is 0 Å². The normalized spacial score (nSPS) is 12.7. The number of nitrogens with zero attached hydrogens (tertiary/aromatic N) is 4. The van der Waals surface area contributed by atoms with Crippen molar-refractivity contribution in [2.45, 2.75) is 25.9 Å². The molecule has 0 saturated heterocycles. The second-order valence-electron chi connectivity index (χ2n) is 5.89. The molecule has 0 aliphatic heterocycles. The summed E-state index contributed by atoms with van der Waals surface area (Å²) < 4.78 is 3.73. The van der Waals surface area contributed by atoms with E-state index in [1.54, 1.807) is 4.68 Å². The van der Waals surface area contributed by atoms with Gasteiger partial charge in [-0.3, -0.25) is 4.79 Å². The number of fused-ring (bicyclic) bond motifs is 2. The summed E-state index contributed by atoms with van der Waals surface area (Å²) in [5.74, 6) is 0.134. The van der Waals surface area contributed by atoms with Crippen LogP contribution in [0, 0.1) is 0 Å². The van der Waals surface area contributed by atoms with Gasteiger partial charge in [-0.05, 0) is 36.1 Å². The first kappa shape index (κ1) is 14.6. The van der Waals surface area contributed by atoms with E-state index in [4.69, 9.17) is 0 Å². The van der Waals surface area contributed by atoms with Gasteiger partial charge in [-0.1, -0.05) is 42.5 Å². The fraction of sp³-hybridized carbons (Fsp3) is 0.211. The molecule has 0 aliphatic rings. The van der Waals surface area contributed by atoms with Crippen molar-refractivity contribution >= 4 is 27.7 Å². The smallest absolute Gasteiger partial charge is 0.188 e. The van der Waals surface area contributed by atoms with E-state index in [-0.39, 0.29) is 5.78 Å². The van der Waals surface area contributed by atoms with Gasteiger partial charge in [-0.2, -0.15) is 0 Å². The lowest BCUT2D eigenvalue weighted by Gasteiger charge is -2.19. The van der Waals surface area contributed by atoms with Crippen molar-refractivity contribution in [3.8, 4) is 0 Å². The van der Waals surface area contributed by atoms with Crippen LogP contribution in [0.25, 0.3) is 21.9 Å². The molecule has 120 valence electrons. The van der Waals surface area contributed by atoms with Crippen LogP contribution in [0.1, 0.15) is 25.9 Å². The average molecular weight is 318 g/mol. The molecule has 24 heavy (non-hydrogen) atoms. The molecule has 2 aromatic carbocycles. The van der Waals surface area contributed by atoms with Crippen molar-refractivity contribution in [2.24, 2.45) is 0 Å². The highest BCUT2D eigenvalue weighted by molar-refractivity contribution is 5.88. The van der Waals surface area contributed by atoms with Crippen LogP contribution in [0.5, 0.6) is 0 Å². The van der Waals surface area contributed by atoms with Crippen molar-refractivity contribution in [2.75, 3.05) is 0 Å². The second kappa shape index (κ2) is 5.92. The molecule has 2 heterocycles. The molecule has 0 fully saturated rings. The average Bonchev–Trinajstić information content (AvgIpc) is 3.21. The Morgan fingerprint density at radius 3 is 2.62 bits per heavy atom. The van der Waals surface area contributed by atoms with Crippen molar-refractivity contribution in [3.05, 3.63) is 60.8 Å². The Morgan fingerprint density at radius 2 is 1.79 bits per heavy atom. The van der Waals surface area contributed by atoms with Gasteiger partial charge in [0.1, 0.15) is 5.52 Å². The summed E-state index contributed by atoms with van der Waals surface area (Å²) in [6, 6.07) is 17.8. The highest BCUT2D eigenvalue weighted by Crippen LogP contribution is 2.25. The molecular weight excluding hydrogens is 300 g/mol. The summed E-state index contributed by atoms with van der Waals surface area (Å²) >= 11 is 0. The van der Waals surface area contributed by atoms with Crippen LogP contribution in [-0.4, -0.2) is 25.3 Å². The highest BCUT2D eigenvalue weighted by Gasteiger charge is 2.25. The standard InChI is InChI=1S/C19H18N4O/c1-2-7-18(24)19(22-13-12-14-8-3-5-10-16(14)22)23-17-11-6-4-9-15(17)20-21-23/h3-6,8-13,19H,2,7H2,1H3. The molecule has 0 N–H and O–H groups in total. The summed E-state index contributed by atoms with van der Waals surface area (Å²) in [5, 5.41) is 9.61. The van der Waals surface area contributed by atoms with E-state index in [2.05, 4.69) is 10.3 Å². The number of aromatic nitrogens is 4. The van der Waals surface area contributed by atoms with Crippen LogP contribution in [0.2, 0.25) is 0 Å². The minimum atomic E-state index is -0.516. The quantitative estimate of drug-likeness (QED) is 0.562. The Kier molecular flexibility index (Phi) is 3.61. The maximum Gasteiger partial charge on any atom is 0.188 e. The van der Waals surface area contributed by atoms with E-state index < -0.39 is 6.17 Å². The van der Waals surface area contributed by atoms with E-state index in [0.29, 0.717) is 6.42 Å². The first-order valence-electron chi connectivity index (χ1n) is 8.18. The summed E-state index contributed by atoms with van der Waals surface area (Å²) in [6.45, 7) is 2.02. The van der Waals surface area contributed by atoms with Crippen LogP contribution in [0.3, 0.4) is 0 Å². The Morgan fingerprint density at radius 1 is 1.04 bits per heavy atom. The lowest BCUT2D eigenvalue weighted by molar-refractivity contribution is -0.123. The van der Waals surface area contributed by atoms with Crippen molar-refractivity contribution in [1.29, 1.82) is 0 Å². The number of Topliss-reactive ketones (excluding diaryl/α,β-unsaturated/α-hetero) is 1. The third-order valence-corrected chi connectivity index (χ3v) is 4.29. The van der Waals surface area contributed by atoms with Gasteiger partial charge < -0.3 is 4.57 Å². The van der Waals surface area contributed by atoms with Crippen LogP contribution >= 0.6 is 0 Å². The first-order valence-corrected chi connectivity index (χ1v) is 8.18. The Hall–Kier alpha value is -2.95. The van der Waals surface area contributed by atoms with Crippen molar-refractivity contribution in [3.63, 3.8) is 0 Å². The zero-order valence-electron chi connectivity index (χ0n) is 13.5. The maximum atomic E-state index is 12.9. The Labute approximate surface area is 139 Å². The minimum Gasteiger partial charge on any atom is -0.318 e. The molecule has 1 unspecified atom stereocenters. The second-order valence-corrected chi connectivity index (χ2v) is 5.89. The summed E-state index contributed by atoms with van der Waals surface area (Å²) in [7, 11) is 0. The summed E-state index contributed by atoms with van der Waals surface area (Å²) in [6.07, 6.45) is 2.75. The molecule has 4 aromatic rings. The van der Waals surface area contributed by atoms with E-state index >= 15 is 0 Å². The predicted octanol–water partition coefficient (Wildman–Crippen LogP) is 3.80. The lowest BCUT2D eigenvalue weighted by atomic mass is 10.1. The van der Waals surface area contributed by atoms with E-state index in [1.165, 1.54) is 0 Å². The van der Waals surface area contributed by atoms with Gasteiger partial charge >= 0.3 is 0 Å². The monoisotopic (exact) mass is 318 g/mol. The highest BCUT2D eigenvalue weighted by atomic mass is 16.1. The first-order chi connectivity index (χ1) is 11.8. The van der Waals surface area contributed by atoms with Crippen LogP contribution in [-0.2, 0) is 4.79 Å². The van der Waals surface area contributed by atoms with Crippen molar-refractivity contribution < 1.29 is 4.79 Å². The number of carbonyl (C=O) groups is 1. The number of benzene rings is 2. The van der Waals surface area contributed by atoms with E-state index in [0.717, 1.165) is 28.4 Å². The SMILES string of the molecule is CCCC(=O)C(n1ccc2ccccc21)n1nnc2ccccc21. The molecule has 4 rings (SSSR count). The van der Waals surface area contributed by atoms with Crippen LogP contribution in [0.15, 0.2) is 60.8 Å². The Bertz CT molecular complexity index is 940. The van der Waals surface area contributed by atoms with Gasteiger partial charge in [0, 0.05) is 12.6 Å². The number of hydrogen-bond donors (Lipinski definition) is 0. The molecule has 0 radical (unpaired) electrons. The van der Waals surface area contributed by atoms with Crippen LogP contribution in [0.4, 0.5) is 0 Å². The third-order valence-electron chi connectivity index (χ3n) is 4.29. The molecule has 1 atom stereocenters. The molecule has 0 saturated carbocycles.